The van der Waals surface area contributed by atoms with Crippen LogP contribution < -0.4 is 10.6 Å². The second-order valence-electron chi connectivity index (χ2n) is 6.65. The van der Waals surface area contributed by atoms with Gasteiger partial charge in [-0.3, -0.25) is 9.59 Å². The Morgan fingerprint density at radius 1 is 1.14 bits per heavy atom. The zero-order valence-corrected chi connectivity index (χ0v) is 13.6. The molecule has 0 aromatic heterocycles. The van der Waals surface area contributed by atoms with E-state index < -0.39 is 5.41 Å². The molecule has 0 atom stereocenters. The number of carbonyl (C=O) groups excluding carboxylic acids is 2. The molecule has 2 rings (SSSR count). The lowest BCUT2D eigenvalue weighted by molar-refractivity contribution is -0.123. The van der Waals surface area contributed by atoms with Gasteiger partial charge in [-0.15, -0.1) is 0 Å². The van der Waals surface area contributed by atoms with Gasteiger partial charge in [-0.1, -0.05) is 32.9 Å². The summed E-state index contributed by atoms with van der Waals surface area (Å²) in [6, 6.07) is 7.22. The van der Waals surface area contributed by atoms with Gasteiger partial charge < -0.3 is 15.5 Å². The Hall–Kier alpha value is -1.88. The third-order valence-electron chi connectivity index (χ3n) is 3.71. The molecule has 0 unspecified atom stereocenters. The van der Waals surface area contributed by atoms with E-state index in [0.29, 0.717) is 17.8 Å². The lowest BCUT2D eigenvalue weighted by Crippen LogP contribution is -2.35. The van der Waals surface area contributed by atoms with Gasteiger partial charge >= 0.3 is 0 Å². The standard InChI is InChI=1S/C17H25N3O2/c1-17(2,3)16(22)19-14-8-5-4-7-13(14)15(21)20-11-6-9-18-10-12-20/h4-5,7-8,18H,6,9-12H2,1-3H3,(H,19,22). The fourth-order valence-electron chi connectivity index (χ4n) is 2.31. The van der Waals surface area contributed by atoms with E-state index in [4.69, 9.17) is 0 Å². The van der Waals surface area contributed by atoms with Gasteiger partial charge in [-0.25, -0.2) is 0 Å². The quantitative estimate of drug-likeness (QED) is 0.879. The number of amides is 2. The van der Waals surface area contributed by atoms with E-state index >= 15 is 0 Å². The van der Waals surface area contributed by atoms with Gasteiger partial charge in [0, 0.05) is 25.0 Å². The molecule has 5 heteroatoms. The third kappa shape index (κ3) is 4.07. The average molecular weight is 303 g/mol. The van der Waals surface area contributed by atoms with Crippen LogP contribution in [0.15, 0.2) is 24.3 Å². The zero-order chi connectivity index (χ0) is 16.2. The van der Waals surface area contributed by atoms with E-state index in [2.05, 4.69) is 10.6 Å². The van der Waals surface area contributed by atoms with Crippen molar-refractivity contribution in [2.75, 3.05) is 31.5 Å². The van der Waals surface area contributed by atoms with Crippen LogP contribution in [0.3, 0.4) is 0 Å². The summed E-state index contributed by atoms with van der Waals surface area (Å²) in [5.74, 6) is -0.112. The number of benzene rings is 1. The van der Waals surface area contributed by atoms with Crippen LogP contribution in [-0.2, 0) is 4.79 Å². The molecule has 1 aliphatic rings. The highest BCUT2D eigenvalue weighted by molar-refractivity contribution is 6.04. The SMILES string of the molecule is CC(C)(C)C(=O)Nc1ccccc1C(=O)N1CCCNCC1. The smallest absolute Gasteiger partial charge is 0.256 e. The maximum atomic E-state index is 12.8. The Morgan fingerprint density at radius 2 is 1.86 bits per heavy atom. The van der Waals surface area contributed by atoms with Crippen molar-refractivity contribution in [3.8, 4) is 0 Å². The van der Waals surface area contributed by atoms with Crippen LogP contribution in [0.25, 0.3) is 0 Å². The van der Waals surface area contributed by atoms with Crippen molar-refractivity contribution in [3.63, 3.8) is 0 Å². The van der Waals surface area contributed by atoms with Crippen LogP contribution in [0.1, 0.15) is 37.6 Å². The van der Waals surface area contributed by atoms with Crippen LogP contribution in [0.4, 0.5) is 5.69 Å². The summed E-state index contributed by atoms with van der Waals surface area (Å²) in [4.78, 5) is 26.8. The first-order chi connectivity index (χ1) is 10.4. The van der Waals surface area contributed by atoms with Crippen LogP contribution in [0, 0.1) is 5.41 Å². The molecule has 1 heterocycles. The van der Waals surface area contributed by atoms with E-state index in [9.17, 15) is 9.59 Å². The van der Waals surface area contributed by atoms with E-state index in [1.54, 1.807) is 12.1 Å². The predicted octanol–water partition coefficient (Wildman–Crippen LogP) is 2.11. The largest absolute Gasteiger partial charge is 0.337 e. The second kappa shape index (κ2) is 6.92. The molecule has 1 aromatic rings. The van der Waals surface area contributed by atoms with E-state index in [-0.39, 0.29) is 11.8 Å². The molecule has 2 N–H and O–H groups in total. The Balaban J connectivity index is 2.20. The molecular weight excluding hydrogens is 278 g/mol. The summed E-state index contributed by atoms with van der Waals surface area (Å²) in [5, 5.41) is 6.17. The molecule has 5 nitrogen and oxygen atoms in total. The van der Waals surface area contributed by atoms with Crippen molar-refractivity contribution in [2.24, 2.45) is 5.41 Å². The lowest BCUT2D eigenvalue weighted by Gasteiger charge is -2.23. The van der Waals surface area contributed by atoms with Gasteiger partial charge in [-0.2, -0.15) is 0 Å². The molecule has 22 heavy (non-hydrogen) atoms. The van der Waals surface area contributed by atoms with E-state index in [1.165, 1.54) is 0 Å². The molecule has 1 saturated heterocycles. The molecule has 2 amide bonds. The molecule has 1 fully saturated rings. The summed E-state index contributed by atoms with van der Waals surface area (Å²) in [6.07, 6.45) is 0.947. The number of hydrogen-bond acceptors (Lipinski definition) is 3. The summed E-state index contributed by atoms with van der Waals surface area (Å²) in [6.45, 7) is 8.75. The van der Waals surface area contributed by atoms with Crippen molar-refractivity contribution < 1.29 is 9.59 Å². The normalized spacial score (nSPS) is 16.0. The van der Waals surface area contributed by atoms with Gasteiger partial charge in [0.25, 0.3) is 5.91 Å². The lowest BCUT2D eigenvalue weighted by atomic mass is 9.95. The maximum absolute atomic E-state index is 12.8. The summed E-state index contributed by atoms with van der Waals surface area (Å²) in [7, 11) is 0. The minimum absolute atomic E-state index is 0.0199. The topological polar surface area (TPSA) is 61.4 Å². The van der Waals surface area contributed by atoms with E-state index in [1.807, 2.05) is 37.8 Å². The van der Waals surface area contributed by atoms with Crippen LogP contribution >= 0.6 is 0 Å². The van der Waals surface area contributed by atoms with Crippen molar-refractivity contribution >= 4 is 17.5 Å². The van der Waals surface area contributed by atoms with Crippen LogP contribution in [-0.4, -0.2) is 42.9 Å². The fraction of sp³-hybridized carbons (Fsp3) is 0.529. The molecule has 0 radical (unpaired) electrons. The molecule has 0 aliphatic carbocycles. The molecule has 120 valence electrons. The maximum Gasteiger partial charge on any atom is 0.256 e. The molecule has 1 aromatic carbocycles. The number of carbonyl (C=O) groups is 2. The van der Waals surface area contributed by atoms with Gasteiger partial charge in [0.2, 0.25) is 5.91 Å². The Labute approximate surface area is 132 Å². The van der Waals surface area contributed by atoms with Gasteiger partial charge in [-0.05, 0) is 25.1 Å². The number of rotatable bonds is 2. The molecular formula is C17H25N3O2. The first kappa shape index (κ1) is 16.5. The third-order valence-corrected chi connectivity index (χ3v) is 3.71. The van der Waals surface area contributed by atoms with Gasteiger partial charge in [0.15, 0.2) is 0 Å². The Bertz CT molecular complexity index is 541. The summed E-state index contributed by atoms with van der Waals surface area (Å²) < 4.78 is 0. The number of nitrogens with zero attached hydrogens (tertiary/aromatic N) is 1. The number of para-hydroxylation sites is 1. The first-order valence-corrected chi connectivity index (χ1v) is 7.80. The monoisotopic (exact) mass is 303 g/mol. The number of anilines is 1. The predicted molar refractivity (Wildman–Crippen MR) is 87.9 cm³/mol. The van der Waals surface area contributed by atoms with Crippen molar-refractivity contribution in [3.05, 3.63) is 29.8 Å². The highest BCUT2D eigenvalue weighted by atomic mass is 16.2. The highest BCUT2D eigenvalue weighted by Crippen LogP contribution is 2.22. The summed E-state index contributed by atoms with van der Waals surface area (Å²) in [5.41, 5.74) is 0.648. The Morgan fingerprint density at radius 3 is 2.59 bits per heavy atom. The average Bonchev–Trinajstić information content (AvgIpc) is 2.75. The van der Waals surface area contributed by atoms with Crippen molar-refractivity contribution in [1.29, 1.82) is 0 Å². The van der Waals surface area contributed by atoms with Gasteiger partial charge in [0.1, 0.15) is 0 Å². The minimum Gasteiger partial charge on any atom is -0.337 e. The van der Waals surface area contributed by atoms with Crippen LogP contribution in [0.2, 0.25) is 0 Å². The summed E-state index contributed by atoms with van der Waals surface area (Å²) >= 11 is 0. The van der Waals surface area contributed by atoms with Crippen molar-refractivity contribution in [2.45, 2.75) is 27.2 Å². The van der Waals surface area contributed by atoms with Crippen molar-refractivity contribution in [1.82, 2.24) is 10.2 Å². The number of hydrogen-bond donors (Lipinski definition) is 2. The van der Waals surface area contributed by atoms with E-state index in [0.717, 1.165) is 26.1 Å². The molecule has 0 saturated carbocycles. The van der Waals surface area contributed by atoms with Gasteiger partial charge in [0.05, 0.1) is 11.3 Å². The molecule has 0 spiro atoms. The minimum atomic E-state index is -0.497. The highest BCUT2D eigenvalue weighted by Gasteiger charge is 2.24. The Kier molecular flexibility index (Phi) is 5.19. The molecule has 0 bridgehead atoms. The first-order valence-electron chi connectivity index (χ1n) is 7.80. The zero-order valence-electron chi connectivity index (χ0n) is 13.6. The van der Waals surface area contributed by atoms with Crippen LogP contribution in [0.5, 0.6) is 0 Å². The molecule has 1 aliphatic heterocycles. The fourth-order valence-corrected chi connectivity index (χ4v) is 2.31. The second-order valence-corrected chi connectivity index (χ2v) is 6.65. The number of nitrogens with one attached hydrogen (secondary N) is 2.